The molecule has 92 heavy (non-hydrogen) atoms. The summed E-state index contributed by atoms with van der Waals surface area (Å²) in [6, 6.07) is 4.49. The van der Waals surface area contributed by atoms with Crippen LogP contribution in [0.3, 0.4) is 0 Å². The van der Waals surface area contributed by atoms with Gasteiger partial charge in [0.2, 0.25) is 23.6 Å². The minimum absolute atomic E-state index is 0.0204. The molecule has 4 aliphatic rings. The van der Waals surface area contributed by atoms with Gasteiger partial charge in [0.1, 0.15) is 55.8 Å². The summed E-state index contributed by atoms with van der Waals surface area (Å²) in [4.78, 5) is 151. The van der Waals surface area contributed by atoms with Crippen LogP contribution >= 0.6 is 14.5 Å². The van der Waals surface area contributed by atoms with Crippen molar-refractivity contribution in [3.05, 3.63) is 55.1 Å². The number of hydrogen-bond donors (Lipinski definition) is 8. The number of rotatable bonds is 22. The van der Waals surface area contributed by atoms with Crippen LogP contribution in [0.2, 0.25) is 0 Å². The van der Waals surface area contributed by atoms with E-state index in [-0.39, 0.29) is 117 Å². The average molecular weight is 1350 g/mol. The summed E-state index contributed by atoms with van der Waals surface area (Å²) >= 11 is 5.22. The highest BCUT2D eigenvalue weighted by molar-refractivity contribution is 8.07. The van der Waals surface area contributed by atoms with E-state index in [9.17, 15) is 52.7 Å². The molecule has 4 aliphatic heterocycles. The Morgan fingerprint density at radius 3 is 2.14 bits per heavy atom. The van der Waals surface area contributed by atoms with E-state index in [1.165, 1.54) is 7.05 Å². The number of nitrogens with one attached hydrogen (secondary N) is 4. The first-order chi connectivity index (χ1) is 43.7. The maximum atomic E-state index is 16.7. The number of phosphoric acid groups is 1. The Balaban J connectivity index is 0.737. The van der Waals surface area contributed by atoms with Crippen molar-refractivity contribution in [3.63, 3.8) is 0 Å². The number of alkyl halides is 2. The van der Waals surface area contributed by atoms with Gasteiger partial charge in [0.25, 0.3) is 0 Å². The standard InChI is InChI=1S/C52H66F2N16O19P2S/c1-25(2)37(65-33(72)11-13-68-34(73)16-26(3)47(68)75)30(71)17-28(6-5-12-57-50(56)76)46(74)64-29-9-7-27(8-10-29)18-83-52(78)67(4)14-15-82-51(77)66-43-39-45(61-22-59-43)70(24-63-39)49-36(54)41-31(86-49)19-84-90(79,80)88-40-32(20-85-91(81,92)89-41)87-48(35(40)53)69-23-62-38-42(55)58-21-60-44(38)69/h7-10,21-26,28,31-32,35-37,40-41,48-49H,5-6,11-20H2,1-4H3,(H,64,74)(H,65,72)(H,79,80)(H,81,92)(H2,55,58,60)(H3,56,57,76)(H,59,61,66,77)/t26?,28-,31-,32-,35-,36-,37+,40-,41-,48-,49-,91?/m1/s1. The van der Waals surface area contributed by atoms with Crippen molar-refractivity contribution in [1.82, 2.24) is 59.5 Å². The predicted molar refractivity (Wildman–Crippen MR) is 315 cm³/mol. The van der Waals surface area contributed by atoms with E-state index >= 15 is 8.78 Å². The molecule has 10 N–H and O–H groups in total. The fraction of sp³-hybridized carbons (Fsp3) is 0.538. The second-order valence-corrected chi connectivity index (χ2v) is 26.3. The Labute approximate surface area is 526 Å². The highest BCUT2D eigenvalue weighted by Gasteiger charge is 2.55. The second kappa shape index (κ2) is 29.4. The number of carbonyl (C=O) groups excluding carboxylic acids is 8. The zero-order chi connectivity index (χ0) is 66.3. The molecule has 9 rings (SSSR count). The fourth-order valence-corrected chi connectivity index (χ4v) is 12.7. The molecule has 4 aromatic heterocycles. The Bertz CT molecular complexity index is 3690. The molecule has 13 atom stereocenters. The Hall–Kier alpha value is -7.90. The summed E-state index contributed by atoms with van der Waals surface area (Å²) in [7, 11) is -3.86. The van der Waals surface area contributed by atoms with Crippen molar-refractivity contribution in [1.29, 1.82) is 0 Å². The number of ketones is 1. The molecule has 0 radical (unpaired) electrons. The van der Waals surface area contributed by atoms with Crippen LogP contribution in [0, 0.1) is 17.8 Å². The monoisotopic (exact) mass is 1350 g/mol. The fourth-order valence-electron chi connectivity index (χ4n) is 10.3. The van der Waals surface area contributed by atoms with Crippen molar-refractivity contribution >= 4 is 114 Å². The number of ether oxygens (including phenoxy) is 4. The summed E-state index contributed by atoms with van der Waals surface area (Å²) in [6.45, 7) is -1.89. The first-order valence-electron chi connectivity index (χ1n) is 28.6. The number of primary amides is 1. The topological polar surface area (TPSA) is 462 Å². The molecule has 498 valence electrons. The van der Waals surface area contributed by atoms with E-state index < -0.39 is 131 Å². The van der Waals surface area contributed by atoms with Gasteiger partial charge < -0.3 is 65.6 Å². The number of amides is 8. The van der Waals surface area contributed by atoms with E-state index in [1.807, 2.05) is 0 Å². The number of nitrogen functional groups attached to an aromatic ring is 1. The Morgan fingerprint density at radius 2 is 1.50 bits per heavy atom. The van der Waals surface area contributed by atoms with Gasteiger partial charge in [0.05, 0.1) is 38.5 Å². The number of urea groups is 1. The smallest absolute Gasteiger partial charge is 0.447 e. The molecule has 8 heterocycles. The summed E-state index contributed by atoms with van der Waals surface area (Å²) in [5, 5.41) is 10.3. The van der Waals surface area contributed by atoms with Gasteiger partial charge in [-0.1, -0.05) is 32.9 Å². The van der Waals surface area contributed by atoms with Crippen molar-refractivity contribution in [2.45, 2.75) is 115 Å². The highest BCUT2D eigenvalue weighted by Crippen LogP contribution is 2.55. The molecule has 4 fully saturated rings. The minimum atomic E-state index is -5.25. The van der Waals surface area contributed by atoms with Gasteiger partial charge >= 0.3 is 32.8 Å². The third-order valence-corrected chi connectivity index (χ3v) is 17.7. The molecule has 1 aromatic carbocycles. The number of carbonyl (C=O) groups is 8. The number of anilines is 3. The normalized spacial score (nSPS) is 26.5. The van der Waals surface area contributed by atoms with Gasteiger partial charge in [-0.3, -0.25) is 56.9 Å². The number of benzene rings is 1. The van der Waals surface area contributed by atoms with Crippen molar-refractivity contribution in [3.8, 4) is 0 Å². The maximum Gasteiger partial charge on any atom is 0.472 e. The number of nitrogens with two attached hydrogens (primary N) is 2. The number of likely N-dealkylation sites (tertiary alicyclic amines) is 1. The number of Topliss-reactive ketones (excluding diaryl/α,β-unsaturated/α-hetero) is 1. The van der Waals surface area contributed by atoms with Crippen molar-refractivity contribution in [2.75, 3.05) is 62.9 Å². The van der Waals surface area contributed by atoms with E-state index in [0.29, 0.717) is 11.3 Å². The van der Waals surface area contributed by atoms with E-state index in [0.717, 1.165) is 44.2 Å². The number of halogens is 2. The van der Waals surface area contributed by atoms with E-state index in [1.54, 1.807) is 45.0 Å². The van der Waals surface area contributed by atoms with E-state index in [4.69, 9.17) is 60.3 Å². The number of imide groups is 1. The first kappa shape index (κ1) is 68.5. The van der Waals surface area contributed by atoms with Gasteiger partial charge in [-0.05, 0) is 48.3 Å². The van der Waals surface area contributed by atoms with Gasteiger partial charge in [-0.2, -0.15) is 0 Å². The zero-order valence-electron chi connectivity index (χ0n) is 49.6. The van der Waals surface area contributed by atoms with Crippen molar-refractivity contribution in [2.24, 2.45) is 23.5 Å². The quantitative estimate of drug-likeness (QED) is 0.0280. The molecule has 0 aliphatic carbocycles. The summed E-state index contributed by atoms with van der Waals surface area (Å²) < 4.78 is 92.5. The average Bonchev–Trinajstić information content (AvgIpc) is 1.62. The molecule has 0 saturated carbocycles. The Morgan fingerprint density at radius 1 is 0.870 bits per heavy atom. The number of fused-ring (bicyclic) bond motifs is 4. The van der Waals surface area contributed by atoms with Crippen LogP contribution in [0.25, 0.3) is 22.3 Å². The van der Waals surface area contributed by atoms with E-state index in [2.05, 4.69) is 51.2 Å². The molecule has 0 spiro atoms. The number of likely N-dealkylation sites (N-methyl/N-ethyl adjacent to an activating group) is 1. The molecule has 4 saturated heterocycles. The number of hydrogen-bond acceptors (Lipinski definition) is 25. The lowest BCUT2D eigenvalue weighted by atomic mass is 9.89. The molecule has 8 amide bonds. The minimum Gasteiger partial charge on any atom is -0.447 e. The molecule has 3 unspecified atom stereocenters. The molecule has 5 aromatic rings. The Kier molecular flexibility index (Phi) is 21.9. The largest absolute Gasteiger partial charge is 0.472 e. The number of aromatic nitrogens is 8. The molecular formula is C52H66F2N16O19P2S. The highest BCUT2D eigenvalue weighted by atomic mass is 32.5. The SMILES string of the molecule is CC1CC(=O)N(CCC(=O)N[C@H](C(=O)C[C@@H](CCCNC(N)=O)C(=O)Nc2ccc(COC(=O)N(C)CCOC(=O)Nc3ncnc4c3ncn4[C@@H]3O[C@@H]4COP(=O)(O)O[C@H]5[C@@H](F)[C@H](n6cnc7c(N)ncnc76)O[C@@H]5COP(O)(=S)O[C@H]4[C@H]3F)cc2)C(C)C)C1=O. The van der Waals surface area contributed by atoms with Crippen LogP contribution in [0.15, 0.2) is 49.6 Å². The second-order valence-electron chi connectivity index (χ2n) is 22.1. The van der Waals surface area contributed by atoms with Crippen LogP contribution < -0.4 is 32.7 Å². The van der Waals surface area contributed by atoms with Crippen LogP contribution in [0.5, 0.6) is 0 Å². The summed E-state index contributed by atoms with van der Waals surface area (Å²) in [5.41, 5.74) is 11.9. The van der Waals surface area contributed by atoms with Gasteiger partial charge in [-0.15, -0.1) is 0 Å². The summed E-state index contributed by atoms with van der Waals surface area (Å²) in [5.74, 6) is -4.27. The lowest BCUT2D eigenvalue weighted by molar-refractivity contribution is -0.140. The van der Waals surface area contributed by atoms with Crippen LogP contribution in [-0.2, 0) is 84.0 Å². The summed E-state index contributed by atoms with van der Waals surface area (Å²) in [6.07, 6.45) is -12.2. The van der Waals surface area contributed by atoms with Crippen LogP contribution in [-0.4, -0.2) is 196 Å². The predicted octanol–water partition coefficient (Wildman–Crippen LogP) is 2.56. The van der Waals surface area contributed by atoms with Crippen LogP contribution in [0.1, 0.15) is 70.9 Å². The molecular weight excluding hydrogens is 1280 g/mol. The number of nitrogens with zero attached hydrogens (tertiary/aromatic N) is 10. The van der Waals surface area contributed by atoms with Gasteiger partial charge in [-0.25, -0.2) is 57.6 Å². The van der Waals surface area contributed by atoms with Crippen LogP contribution in [0.4, 0.5) is 40.5 Å². The van der Waals surface area contributed by atoms with Gasteiger partial charge in [0.15, 0.2) is 59.0 Å². The number of phosphoric ester groups is 1. The molecule has 0 bridgehead atoms. The maximum absolute atomic E-state index is 16.7. The third-order valence-electron chi connectivity index (χ3n) is 15.1. The molecule has 35 nitrogen and oxygen atoms in total. The van der Waals surface area contributed by atoms with Crippen molar-refractivity contribution < 1.29 is 98.5 Å². The lowest BCUT2D eigenvalue weighted by Crippen LogP contribution is -2.46. The third kappa shape index (κ3) is 16.5. The lowest BCUT2D eigenvalue weighted by Gasteiger charge is -2.28. The molecule has 40 heteroatoms. The first-order valence-corrected chi connectivity index (χ1v) is 32.7. The number of imidazole rings is 2. The zero-order valence-corrected chi connectivity index (χ0v) is 52.2. The van der Waals surface area contributed by atoms with Gasteiger partial charge in [0, 0.05) is 56.9 Å².